The molecule has 1 aliphatic heterocycles. The van der Waals surface area contributed by atoms with Crippen LogP contribution in [0.25, 0.3) is 0 Å². The fraction of sp³-hybridized carbons (Fsp3) is 0.636. The van der Waals surface area contributed by atoms with Crippen molar-refractivity contribution in [3.63, 3.8) is 0 Å². The van der Waals surface area contributed by atoms with Crippen LogP contribution in [0.15, 0.2) is 23.8 Å². The van der Waals surface area contributed by atoms with Gasteiger partial charge in [0.05, 0.1) is 0 Å². The minimum atomic E-state index is 0.746. The Balaban J connectivity index is 2.49. The zero-order valence-corrected chi connectivity index (χ0v) is 8.19. The summed E-state index contributed by atoms with van der Waals surface area (Å²) in [5.41, 5.74) is 2.65. The summed E-state index contributed by atoms with van der Waals surface area (Å²) in [5.74, 6) is 0.746. The quantitative estimate of drug-likeness (QED) is 0.620. The van der Waals surface area contributed by atoms with E-state index in [1.807, 2.05) is 0 Å². The number of hydrogen-bond acceptors (Lipinski definition) is 1. The van der Waals surface area contributed by atoms with Crippen LogP contribution >= 0.6 is 0 Å². The van der Waals surface area contributed by atoms with Gasteiger partial charge in [0.2, 0.25) is 0 Å². The third-order valence-electron chi connectivity index (χ3n) is 2.41. The molecule has 0 aromatic carbocycles. The Morgan fingerprint density at radius 2 is 2.25 bits per heavy atom. The molecule has 0 saturated carbocycles. The first-order chi connectivity index (χ1) is 5.70. The van der Waals surface area contributed by atoms with Gasteiger partial charge in [-0.25, -0.2) is 0 Å². The minimum absolute atomic E-state index is 0.746. The lowest BCUT2D eigenvalue weighted by Crippen LogP contribution is -2.30. The summed E-state index contributed by atoms with van der Waals surface area (Å²) in [6.45, 7) is 10.5. The van der Waals surface area contributed by atoms with Gasteiger partial charge in [0.25, 0.3) is 0 Å². The van der Waals surface area contributed by atoms with Crippen molar-refractivity contribution in [3.8, 4) is 0 Å². The average Bonchev–Trinajstić information content (AvgIpc) is 2.05. The lowest BCUT2D eigenvalue weighted by Gasteiger charge is -2.23. The first-order valence-electron chi connectivity index (χ1n) is 4.74. The van der Waals surface area contributed by atoms with Crippen molar-refractivity contribution < 1.29 is 0 Å². The molecule has 1 heteroatoms. The van der Waals surface area contributed by atoms with Gasteiger partial charge < -0.3 is 5.32 Å². The van der Waals surface area contributed by atoms with Gasteiger partial charge in [-0.2, -0.15) is 0 Å². The zero-order valence-electron chi connectivity index (χ0n) is 8.19. The van der Waals surface area contributed by atoms with Gasteiger partial charge in [-0.3, -0.25) is 0 Å². The van der Waals surface area contributed by atoms with Crippen molar-refractivity contribution in [2.75, 3.05) is 13.1 Å². The molecule has 1 unspecified atom stereocenters. The molecular weight excluding hydrogens is 146 g/mol. The van der Waals surface area contributed by atoms with E-state index in [1.165, 1.54) is 25.0 Å². The van der Waals surface area contributed by atoms with Gasteiger partial charge >= 0.3 is 0 Å². The Bertz CT molecular complexity index is 185. The van der Waals surface area contributed by atoms with Gasteiger partial charge in [0.15, 0.2) is 0 Å². The van der Waals surface area contributed by atoms with Crippen LogP contribution in [0.2, 0.25) is 0 Å². The maximum Gasteiger partial charge on any atom is 0.00169 e. The molecule has 68 valence electrons. The summed E-state index contributed by atoms with van der Waals surface area (Å²) < 4.78 is 0. The van der Waals surface area contributed by atoms with E-state index in [4.69, 9.17) is 0 Å². The van der Waals surface area contributed by atoms with Crippen molar-refractivity contribution >= 4 is 0 Å². The summed E-state index contributed by atoms with van der Waals surface area (Å²) in [4.78, 5) is 0. The molecule has 0 bridgehead atoms. The maximum atomic E-state index is 3.89. The van der Waals surface area contributed by atoms with Crippen LogP contribution in [0.4, 0.5) is 0 Å². The lowest BCUT2D eigenvalue weighted by molar-refractivity contribution is 0.422. The summed E-state index contributed by atoms with van der Waals surface area (Å²) in [7, 11) is 0. The van der Waals surface area contributed by atoms with Gasteiger partial charge in [-0.05, 0) is 39.2 Å². The van der Waals surface area contributed by atoms with Crippen LogP contribution < -0.4 is 5.32 Å². The minimum Gasteiger partial charge on any atom is -0.316 e. The summed E-state index contributed by atoms with van der Waals surface area (Å²) in [5, 5.41) is 3.42. The third-order valence-corrected chi connectivity index (χ3v) is 2.41. The Hall–Kier alpha value is -0.560. The molecule has 0 spiro atoms. The average molecular weight is 165 g/mol. The fourth-order valence-corrected chi connectivity index (χ4v) is 1.75. The molecule has 1 N–H and O–H groups in total. The number of allylic oxidation sites excluding steroid dienone is 2. The first kappa shape index (κ1) is 9.53. The van der Waals surface area contributed by atoms with E-state index in [0.717, 1.165) is 18.0 Å². The van der Waals surface area contributed by atoms with Gasteiger partial charge in [0.1, 0.15) is 0 Å². The molecule has 0 aromatic rings. The summed E-state index contributed by atoms with van der Waals surface area (Å²) in [6, 6.07) is 0. The molecule has 1 aliphatic rings. The molecule has 1 saturated heterocycles. The van der Waals surface area contributed by atoms with E-state index in [1.54, 1.807) is 0 Å². The van der Waals surface area contributed by atoms with E-state index in [9.17, 15) is 0 Å². The first-order valence-corrected chi connectivity index (χ1v) is 4.74. The van der Waals surface area contributed by atoms with Gasteiger partial charge in [-0.15, -0.1) is 0 Å². The van der Waals surface area contributed by atoms with E-state index < -0.39 is 0 Å². The Morgan fingerprint density at radius 3 is 2.75 bits per heavy atom. The highest BCUT2D eigenvalue weighted by atomic mass is 14.9. The van der Waals surface area contributed by atoms with Crippen LogP contribution in [-0.4, -0.2) is 13.1 Å². The monoisotopic (exact) mass is 165 g/mol. The highest BCUT2D eigenvalue weighted by Crippen LogP contribution is 2.19. The molecule has 0 amide bonds. The van der Waals surface area contributed by atoms with Crippen molar-refractivity contribution in [2.24, 2.45) is 5.92 Å². The molecule has 1 fully saturated rings. The molecule has 1 heterocycles. The van der Waals surface area contributed by atoms with Crippen LogP contribution in [0, 0.1) is 5.92 Å². The normalized spacial score (nSPS) is 25.5. The van der Waals surface area contributed by atoms with E-state index >= 15 is 0 Å². The van der Waals surface area contributed by atoms with Gasteiger partial charge in [0, 0.05) is 6.54 Å². The SMILES string of the molecule is C=C(C)C=C(C)C1CCCNC1. The topological polar surface area (TPSA) is 12.0 Å². The predicted molar refractivity (Wildman–Crippen MR) is 54.2 cm³/mol. The van der Waals surface area contributed by atoms with E-state index in [-0.39, 0.29) is 0 Å². The lowest BCUT2D eigenvalue weighted by atomic mass is 9.91. The molecular formula is C11H19N. The highest BCUT2D eigenvalue weighted by Gasteiger charge is 2.13. The standard InChI is InChI=1S/C11H19N/c1-9(2)7-10(3)11-5-4-6-12-8-11/h7,11-12H,1,4-6,8H2,2-3H3. The predicted octanol–water partition coefficient (Wildman–Crippen LogP) is 2.51. The van der Waals surface area contributed by atoms with Crippen LogP contribution in [0.3, 0.4) is 0 Å². The third kappa shape index (κ3) is 2.82. The molecule has 1 rings (SSSR count). The number of hydrogen-bond donors (Lipinski definition) is 1. The zero-order chi connectivity index (χ0) is 8.97. The van der Waals surface area contributed by atoms with Crippen LogP contribution in [0.1, 0.15) is 26.7 Å². The molecule has 0 aromatic heterocycles. The Labute approximate surface area is 75.6 Å². The van der Waals surface area contributed by atoms with Crippen molar-refractivity contribution in [1.82, 2.24) is 5.32 Å². The summed E-state index contributed by atoms with van der Waals surface area (Å²) >= 11 is 0. The van der Waals surface area contributed by atoms with E-state index in [2.05, 4.69) is 31.8 Å². The smallest absolute Gasteiger partial charge is 0.00169 e. The molecule has 1 nitrogen and oxygen atoms in total. The second-order valence-electron chi connectivity index (χ2n) is 3.78. The largest absolute Gasteiger partial charge is 0.316 e. The second-order valence-corrected chi connectivity index (χ2v) is 3.78. The highest BCUT2D eigenvalue weighted by molar-refractivity contribution is 5.19. The van der Waals surface area contributed by atoms with Crippen molar-refractivity contribution in [3.05, 3.63) is 23.8 Å². The molecule has 12 heavy (non-hydrogen) atoms. The summed E-state index contributed by atoms with van der Waals surface area (Å²) in [6.07, 6.45) is 4.85. The number of nitrogens with one attached hydrogen (secondary N) is 1. The van der Waals surface area contributed by atoms with E-state index in [0.29, 0.717) is 0 Å². The molecule has 0 aliphatic carbocycles. The second kappa shape index (κ2) is 4.46. The van der Waals surface area contributed by atoms with Crippen LogP contribution in [0.5, 0.6) is 0 Å². The Morgan fingerprint density at radius 1 is 1.50 bits per heavy atom. The van der Waals surface area contributed by atoms with Crippen LogP contribution in [-0.2, 0) is 0 Å². The van der Waals surface area contributed by atoms with Gasteiger partial charge in [-0.1, -0.05) is 23.8 Å². The number of piperidine rings is 1. The van der Waals surface area contributed by atoms with Crippen molar-refractivity contribution in [2.45, 2.75) is 26.7 Å². The molecule has 1 atom stereocenters. The number of rotatable bonds is 2. The van der Waals surface area contributed by atoms with Crippen molar-refractivity contribution in [1.29, 1.82) is 0 Å². The Kier molecular flexibility index (Phi) is 3.54. The molecule has 0 radical (unpaired) electrons. The maximum absolute atomic E-state index is 3.89. The fourth-order valence-electron chi connectivity index (χ4n) is 1.75.